The number of aliphatic hydroxyl groups excluding tert-OH is 1. The van der Waals surface area contributed by atoms with Gasteiger partial charge in [0.2, 0.25) is 0 Å². The number of hydrogen-bond donors (Lipinski definition) is 2. The Balaban J connectivity index is 1.49. The molecule has 3 aromatic heterocycles. The van der Waals surface area contributed by atoms with E-state index in [-0.39, 0.29) is 5.56 Å². The second-order valence-corrected chi connectivity index (χ2v) is 8.63. The highest BCUT2D eigenvalue weighted by Crippen LogP contribution is 2.34. The summed E-state index contributed by atoms with van der Waals surface area (Å²) >= 11 is 0. The molecule has 0 spiro atoms. The van der Waals surface area contributed by atoms with Gasteiger partial charge in [0.05, 0.1) is 53.5 Å². The molecule has 0 saturated carbocycles. The molecule has 2 N–H and O–H groups in total. The number of hydrogen-bond acceptors (Lipinski definition) is 7. The third-order valence-corrected chi connectivity index (χ3v) is 6.32. The summed E-state index contributed by atoms with van der Waals surface area (Å²) in [6.07, 6.45) is 3.57. The van der Waals surface area contributed by atoms with Gasteiger partial charge in [0.1, 0.15) is 12.4 Å². The van der Waals surface area contributed by atoms with Crippen molar-refractivity contribution < 1.29 is 18.3 Å². The molecule has 0 amide bonds. The van der Waals surface area contributed by atoms with Crippen LogP contribution < -0.4 is 10.2 Å². The molecule has 4 aromatic rings. The minimum atomic E-state index is -3.68. The second-order valence-electron chi connectivity index (χ2n) is 8.63. The highest BCUT2D eigenvalue weighted by atomic mass is 19.3. The molecule has 11 heteroatoms. The summed E-state index contributed by atoms with van der Waals surface area (Å²) in [5, 5.41) is 25.5. The predicted octanol–water partition coefficient (Wildman–Crippen LogP) is 3.95. The molecule has 0 radical (unpaired) electrons. The van der Waals surface area contributed by atoms with Crippen LogP contribution >= 0.6 is 0 Å². The van der Waals surface area contributed by atoms with E-state index in [4.69, 9.17) is 5.11 Å². The Morgan fingerprint density at radius 2 is 2.03 bits per heavy atom. The fourth-order valence-corrected chi connectivity index (χ4v) is 4.37. The van der Waals surface area contributed by atoms with Gasteiger partial charge in [0.25, 0.3) is 5.92 Å². The third kappa shape index (κ3) is 4.16. The molecule has 0 bridgehead atoms. The van der Waals surface area contributed by atoms with Gasteiger partial charge in [0, 0.05) is 23.7 Å². The van der Waals surface area contributed by atoms with Crippen molar-refractivity contribution in [2.75, 3.05) is 23.4 Å². The molecular weight excluding hydrogens is 459 g/mol. The van der Waals surface area contributed by atoms with Gasteiger partial charge < -0.3 is 15.3 Å². The van der Waals surface area contributed by atoms with Crippen LogP contribution in [0.4, 0.5) is 24.7 Å². The lowest BCUT2D eigenvalue weighted by atomic mass is 10.00. The Morgan fingerprint density at radius 3 is 2.83 bits per heavy atom. The lowest BCUT2D eigenvalue weighted by Crippen LogP contribution is -2.33. The number of benzene rings is 1. The maximum Gasteiger partial charge on any atom is 0.298 e. The average molecular weight is 483 g/mol. The molecule has 182 valence electrons. The average Bonchev–Trinajstić information content (AvgIpc) is 3.33. The summed E-state index contributed by atoms with van der Waals surface area (Å²) < 4.78 is 45.0. The van der Waals surface area contributed by atoms with Crippen LogP contribution in [0.2, 0.25) is 0 Å². The molecule has 0 aliphatic carbocycles. The monoisotopic (exact) mass is 483 g/mol. The maximum absolute atomic E-state index is 15.0. The van der Waals surface area contributed by atoms with Crippen LogP contribution in [0.1, 0.15) is 35.5 Å². The van der Waals surface area contributed by atoms with E-state index >= 15 is 0 Å². The summed E-state index contributed by atoms with van der Waals surface area (Å²) in [6, 6.07) is 6.97. The van der Waals surface area contributed by atoms with Crippen molar-refractivity contribution in [2.45, 2.75) is 38.9 Å². The van der Waals surface area contributed by atoms with E-state index in [1.54, 1.807) is 26.2 Å². The SMILES string of the molecule is Cc1nnc(N[C@H](C)c2cccc(C(F)(F)CO)c2F)c2cc(N3CCn4nccc4C3)cnc12. The zero-order valence-electron chi connectivity index (χ0n) is 19.2. The first-order valence-electron chi connectivity index (χ1n) is 11.2. The topological polar surface area (TPSA) is 92.0 Å². The number of rotatable bonds is 6. The quantitative estimate of drug-likeness (QED) is 0.429. The molecule has 5 rings (SSSR count). The first kappa shape index (κ1) is 23.0. The van der Waals surface area contributed by atoms with Gasteiger partial charge in [0.15, 0.2) is 5.82 Å². The molecule has 0 unspecified atom stereocenters. The number of fused-ring (bicyclic) bond motifs is 2. The van der Waals surface area contributed by atoms with E-state index < -0.39 is 30.0 Å². The van der Waals surface area contributed by atoms with Crippen LogP contribution in [0, 0.1) is 12.7 Å². The molecule has 1 aromatic carbocycles. The fourth-order valence-electron chi connectivity index (χ4n) is 4.37. The highest BCUT2D eigenvalue weighted by Gasteiger charge is 2.35. The predicted molar refractivity (Wildman–Crippen MR) is 125 cm³/mol. The van der Waals surface area contributed by atoms with Gasteiger partial charge in [-0.05, 0) is 32.0 Å². The van der Waals surface area contributed by atoms with Crippen LogP contribution in [0.3, 0.4) is 0 Å². The summed E-state index contributed by atoms with van der Waals surface area (Å²) in [4.78, 5) is 6.79. The van der Waals surface area contributed by atoms with Crippen LogP contribution in [-0.4, -0.2) is 43.2 Å². The Hall–Kier alpha value is -3.73. The summed E-state index contributed by atoms with van der Waals surface area (Å²) in [5.41, 5.74) is 2.45. The number of aromatic nitrogens is 5. The largest absolute Gasteiger partial charge is 0.390 e. The Labute approximate surface area is 199 Å². The fraction of sp³-hybridized carbons (Fsp3) is 0.333. The van der Waals surface area contributed by atoms with Crippen molar-refractivity contribution in [3.63, 3.8) is 0 Å². The molecular formula is C24H24F3N7O. The van der Waals surface area contributed by atoms with Gasteiger partial charge in [-0.3, -0.25) is 9.67 Å². The minimum Gasteiger partial charge on any atom is -0.390 e. The molecule has 4 heterocycles. The number of aliphatic hydroxyl groups is 1. The molecule has 0 saturated heterocycles. The number of alkyl halides is 2. The minimum absolute atomic E-state index is 0.0274. The number of nitrogens with zero attached hydrogens (tertiary/aromatic N) is 6. The zero-order chi connectivity index (χ0) is 24.7. The Bertz CT molecular complexity index is 1390. The van der Waals surface area contributed by atoms with Crippen LogP contribution in [0.15, 0.2) is 42.7 Å². The van der Waals surface area contributed by atoms with Gasteiger partial charge in [-0.1, -0.05) is 12.1 Å². The van der Waals surface area contributed by atoms with Gasteiger partial charge in [-0.15, -0.1) is 5.10 Å². The van der Waals surface area contributed by atoms with Gasteiger partial charge in [-0.2, -0.15) is 19.0 Å². The van der Waals surface area contributed by atoms with E-state index in [2.05, 4.69) is 30.5 Å². The summed E-state index contributed by atoms with van der Waals surface area (Å²) in [7, 11) is 0. The van der Waals surface area contributed by atoms with Crippen LogP contribution in [0.25, 0.3) is 10.9 Å². The second kappa shape index (κ2) is 8.81. The Kier molecular flexibility index (Phi) is 5.79. The summed E-state index contributed by atoms with van der Waals surface area (Å²) in [6.45, 7) is 4.17. The molecule has 35 heavy (non-hydrogen) atoms. The normalized spacial score (nSPS) is 14.7. The first-order valence-corrected chi connectivity index (χ1v) is 11.2. The van der Waals surface area contributed by atoms with Crippen molar-refractivity contribution in [1.29, 1.82) is 0 Å². The lowest BCUT2D eigenvalue weighted by Gasteiger charge is -2.29. The molecule has 1 atom stereocenters. The number of aryl methyl sites for hydroxylation is 1. The van der Waals surface area contributed by atoms with Crippen molar-refractivity contribution in [3.05, 3.63) is 71.1 Å². The van der Waals surface area contributed by atoms with E-state index in [1.807, 2.05) is 16.8 Å². The van der Waals surface area contributed by atoms with E-state index in [0.717, 1.165) is 30.5 Å². The number of halogens is 3. The third-order valence-electron chi connectivity index (χ3n) is 6.32. The number of pyridine rings is 1. The standard InChI is InChI=1S/C24H24F3N7O/c1-14(18-4-3-5-20(21(18)25)24(26,27)13-35)30-23-19-10-17(11-28-22(19)15(2)31-32-23)33-8-9-34-16(12-33)6-7-29-34/h3-7,10-11,14,35H,8-9,12-13H2,1-2H3,(H,30,32)/t14-/m1/s1. The van der Waals surface area contributed by atoms with Crippen molar-refractivity contribution in [2.24, 2.45) is 0 Å². The van der Waals surface area contributed by atoms with Crippen molar-refractivity contribution in [1.82, 2.24) is 25.0 Å². The van der Waals surface area contributed by atoms with Crippen LogP contribution in [-0.2, 0) is 19.0 Å². The lowest BCUT2D eigenvalue weighted by molar-refractivity contribution is -0.0583. The smallest absolute Gasteiger partial charge is 0.298 e. The summed E-state index contributed by atoms with van der Waals surface area (Å²) in [5.74, 6) is -4.38. The molecule has 1 aliphatic rings. The maximum atomic E-state index is 15.0. The van der Waals surface area contributed by atoms with Gasteiger partial charge >= 0.3 is 0 Å². The van der Waals surface area contributed by atoms with E-state index in [9.17, 15) is 13.2 Å². The van der Waals surface area contributed by atoms with Gasteiger partial charge in [-0.25, -0.2) is 4.39 Å². The molecule has 1 aliphatic heterocycles. The first-order chi connectivity index (χ1) is 16.8. The Morgan fingerprint density at radius 1 is 1.20 bits per heavy atom. The number of nitrogens with one attached hydrogen (secondary N) is 1. The van der Waals surface area contributed by atoms with Crippen LogP contribution in [0.5, 0.6) is 0 Å². The number of anilines is 2. The molecule has 8 nitrogen and oxygen atoms in total. The molecule has 0 fully saturated rings. The van der Waals surface area contributed by atoms with E-state index in [1.165, 1.54) is 12.1 Å². The van der Waals surface area contributed by atoms with Crippen molar-refractivity contribution >= 4 is 22.4 Å². The van der Waals surface area contributed by atoms with E-state index in [0.29, 0.717) is 29.0 Å². The zero-order valence-corrected chi connectivity index (χ0v) is 19.2. The van der Waals surface area contributed by atoms with Crippen molar-refractivity contribution in [3.8, 4) is 0 Å². The highest BCUT2D eigenvalue weighted by molar-refractivity contribution is 5.92.